The second-order valence-corrected chi connectivity index (χ2v) is 7.26. The van der Waals surface area contributed by atoms with E-state index in [-0.39, 0.29) is 28.3 Å². The average molecular weight is 421 g/mol. The second-order valence-electron chi connectivity index (χ2n) is 7.26. The third-order valence-corrected chi connectivity index (χ3v) is 5.30. The molecule has 1 aliphatic heterocycles. The summed E-state index contributed by atoms with van der Waals surface area (Å²) in [6.45, 7) is 2.13. The minimum atomic E-state index is -0.972. The topological polar surface area (TPSA) is 94.0 Å². The molecule has 8 heteroatoms. The van der Waals surface area contributed by atoms with Crippen LogP contribution in [0.3, 0.4) is 0 Å². The Labute approximate surface area is 178 Å². The zero-order chi connectivity index (χ0) is 22.0. The Morgan fingerprint density at radius 1 is 0.903 bits per heavy atom. The van der Waals surface area contributed by atoms with Crippen molar-refractivity contribution in [2.24, 2.45) is 0 Å². The number of halogens is 1. The van der Waals surface area contributed by atoms with Crippen LogP contribution in [0.4, 0.5) is 10.1 Å². The average Bonchev–Trinajstić information content (AvgIpc) is 2.78. The number of rotatable bonds is 4. The van der Waals surface area contributed by atoms with Gasteiger partial charge in [-0.1, -0.05) is 6.07 Å². The molecule has 3 aromatic rings. The molecule has 0 atom stereocenters. The number of amides is 1. The van der Waals surface area contributed by atoms with Crippen molar-refractivity contribution in [3.63, 3.8) is 0 Å². The van der Waals surface area contributed by atoms with Crippen molar-refractivity contribution >= 4 is 17.6 Å². The van der Waals surface area contributed by atoms with Gasteiger partial charge in [-0.2, -0.15) is 0 Å². The van der Waals surface area contributed by atoms with E-state index in [0.29, 0.717) is 31.7 Å². The molecule has 0 radical (unpaired) electrons. The molecule has 0 saturated carbocycles. The van der Waals surface area contributed by atoms with Gasteiger partial charge in [0.05, 0.1) is 11.8 Å². The Kier molecular flexibility index (Phi) is 5.53. The quantitative estimate of drug-likeness (QED) is 0.672. The molecule has 2 heterocycles. The summed E-state index contributed by atoms with van der Waals surface area (Å²) in [5.41, 5.74) is 2.07. The highest BCUT2D eigenvalue weighted by molar-refractivity contribution is 5.95. The molecule has 1 amide bonds. The van der Waals surface area contributed by atoms with Crippen LogP contribution >= 0.6 is 0 Å². The summed E-state index contributed by atoms with van der Waals surface area (Å²) < 4.78 is 14.6. The van der Waals surface area contributed by atoms with Crippen LogP contribution in [0.15, 0.2) is 60.9 Å². The maximum Gasteiger partial charge on any atom is 0.335 e. The molecule has 4 rings (SSSR count). The molecule has 7 nitrogen and oxygen atoms in total. The Morgan fingerprint density at radius 2 is 1.58 bits per heavy atom. The number of hydrogen-bond acceptors (Lipinski definition) is 5. The third-order valence-electron chi connectivity index (χ3n) is 5.30. The van der Waals surface area contributed by atoms with Crippen molar-refractivity contribution in [2.45, 2.75) is 0 Å². The third kappa shape index (κ3) is 4.32. The number of carbonyl (C=O) groups is 2. The van der Waals surface area contributed by atoms with Crippen LogP contribution in [0, 0.1) is 5.82 Å². The summed E-state index contributed by atoms with van der Waals surface area (Å²) in [5, 5.41) is 18.5. The zero-order valence-corrected chi connectivity index (χ0v) is 16.5. The van der Waals surface area contributed by atoms with Gasteiger partial charge in [0.15, 0.2) is 0 Å². The Hall–Kier alpha value is -3.94. The first-order valence-corrected chi connectivity index (χ1v) is 9.74. The molecule has 0 bridgehead atoms. The highest BCUT2D eigenvalue weighted by Crippen LogP contribution is 2.26. The number of carboxylic acids is 1. The maximum absolute atomic E-state index is 14.6. The summed E-state index contributed by atoms with van der Waals surface area (Å²) in [6.07, 6.45) is 2.71. The number of aromatic nitrogens is 1. The number of aromatic carboxylic acids is 1. The molecule has 158 valence electrons. The maximum atomic E-state index is 14.6. The smallest absolute Gasteiger partial charge is 0.335 e. The molecule has 1 aromatic heterocycles. The standard InChI is InChI=1S/C23H20FN3O4/c24-21-12-16(3-6-20(21)17-11-19(28)14-25-13-17)22(29)27-9-7-26(8-10-27)18-4-1-15(2-5-18)23(30)31/h1-6,11-14,28H,7-10H2,(H,30,31). The molecule has 1 saturated heterocycles. The van der Waals surface area contributed by atoms with Crippen molar-refractivity contribution in [2.75, 3.05) is 31.1 Å². The van der Waals surface area contributed by atoms with Gasteiger partial charge in [0.25, 0.3) is 5.91 Å². The van der Waals surface area contributed by atoms with Crippen molar-refractivity contribution in [1.82, 2.24) is 9.88 Å². The lowest BCUT2D eigenvalue weighted by Gasteiger charge is -2.36. The first kappa shape index (κ1) is 20.3. The van der Waals surface area contributed by atoms with Gasteiger partial charge in [-0.3, -0.25) is 9.78 Å². The number of nitrogens with zero attached hydrogens (tertiary/aromatic N) is 3. The first-order valence-electron chi connectivity index (χ1n) is 9.74. The van der Waals surface area contributed by atoms with E-state index in [1.54, 1.807) is 35.2 Å². The highest BCUT2D eigenvalue weighted by atomic mass is 19.1. The van der Waals surface area contributed by atoms with Gasteiger partial charge < -0.3 is 20.0 Å². The number of hydrogen-bond donors (Lipinski definition) is 2. The number of carboxylic acid groups (broad SMARTS) is 1. The monoisotopic (exact) mass is 421 g/mol. The lowest BCUT2D eigenvalue weighted by atomic mass is 10.0. The van der Waals surface area contributed by atoms with Crippen LogP contribution in [-0.4, -0.2) is 58.2 Å². The van der Waals surface area contributed by atoms with E-state index in [2.05, 4.69) is 9.88 Å². The fourth-order valence-electron chi connectivity index (χ4n) is 3.62. The molecule has 2 N–H and O–H groups in total. The molecule has 31 heavy (non-hydrogen) atoms. The lowest BCUT2D eigenvalue weighted by Crippen LogP contribution is -2.48. The van der Waals surface area contributed by atoms with Gasteiger partial charge >= 0.3 is 5.97 Å². The first-order chi connectivity index (χ1) is 14.9. The van der Waals surface area contributed by atoms with E-state index < -0.39 is 11.8 Å². The summed E-state index contributed by atoms with van der Waals surface area (Å²) in [7, 11) is 0. The predicted molar refractivity (Wildman–Crippen MR) is 113 cm³/mol. The van der Waals surface area contributed by atoms with Crippen LogP contribution in [0.25, 0.3) is 11.1 Å². The van der Waals surface area contributed by atoms with E-state index in [1.165, 1.54) is 30.6 Å². The van der Waals surface area contributed by atoms with E-state index in [4.69, 9.17) is 5.11 Å². The van der Waals surface area contributed by atoms with Gasteiger partial charge in [-0.25, -0.2) is 9.18 Å². The second kappa shape index (κ2) is 8.43. The van der Waals surface area contributed by atoms with Gasteiger partial charge in [0.2, 0.25) is 0 Å². The number of piperazine rings is 1. The van der Waals surface area contributed by atoms with Gasteiger partial charge in [-0.15, -0.1) is 0 Å². The number of anilines is 1. The summed E-state index contributed by atoms with van der Waals surface area (Å²) in [4.78, 5) is 31.4. The Balaban J connectivity index is 1.42. The Bertz CT molecular complexity index is 1130. The molecular formula is C23H20FN3O4. The van der Waals surface area contributed by atoms with E-state index in [0.717, 1.165) is 5.69 Å². The fourth-order valence-corrected chi connectivity index (χ4v) is 3.62. The molecule has 0 unspecified atom stereocenters. The molecule has 0 aliphatic carbocycles. The van der Waals surface area contributed by atoms with Crippen LogP contribution in [0.2, 0.25) is 0 Å². The van der Waals surface area contributed by atoms with Crippen LogP contribution < -0.4 is 4.90 Å². The number of benzene rings is 2. The van der Waals surface area contributed by atoms with Crippen molar-refractivity contribution in [1.29, 1.82) is 0 Å². The van der Waals surface area contributed by atoms with Gasteiger partial charge in [0.1, 0.15) is 11.6 Å². The lowest BCUT2D eigenvalue weighted by molar-refractivity contribution is 0.0695. The van der Waals surface area contributed by atoms with Crippen LogP contribution in [-0.2, 0) is 0 Å². The van der Waals surface area contributed by atoms with Crippen LogP contribution in [0.1, 0.15) is 20.7 Å². The SMILES string of the molecule is O=C(O)c1ccc(N2CCN(C(=O)c3ccc(-c4cncc(O)c4)c(F)c3)CC2)cc1. The molecule has 1 aliphatic rings. The van der Waals surface area contributed by atoms with E-state index >= 15 is 0 Å². The molecular weight excluding hydrogens is 401 g/mol. The molecule has 0 spiro atoms. The summed E-state index contributed by atoms with van der Waals surface area (Å²) in [5.74, 6) is -1.84. The van der Waals surface area contributed by atoms with Crippen molar-refractivity contribution in [3.8, 4) is 16.9 Å². The molecule has 1 fully saturated rings. The minimum Gasteiger partial charge on any atom is -0.506 e. The highest BCUT2D eigenvalue weighted by Gasteiger charge is 2.23. The fraction of sp³-hybridized carbons (Fsp3) is 0.174. The van der Waals surface area contributed by atoms with Crippen LogP contribution in [0.5, 0.6) is 5.75 Å². The van der Waals surface area contributed by atoms with Gasteiger partial charge in [-0.05, 0) is 42.5 Å². The summed E-state index contributed by atoms with van der Waals surface area (Å²) in [6, 6.07) is 12.3. The largest absolute Gasteiger partial charge is 0.506 e. The molecule has 2 aromatic carbocycles. The predicted octanol–water partition coefficient (Wildman–Crippen LogP) is 3.25. The van der Waals surface area contributed by atoms with E-state index in [1.807, 2.05) is 0 Å². The Morgan fingerprint density at radius 3 is 2.19 bits per heavy atom. The zero-order valence-electron chi connectivity index (χ0n) is 16.5. The number of aromatic hydroxyl groups is 1. The van der Waals surface area contributed by atoms with Gasteiger partial charge in [0, 0.05) is 54.8 Å². The van der Waals surface area contributed by atoms with Crippen molar-refractivity contribution in [3.05, 3.63) is 77.9 Å². The van der Waals surface area contributed by atoms with E-state index in [9.17, 15) is 19.1 Å². The van der Waals surface area contributed by atoms with Crippen molar-refractivity contribution < 1.29 is 24.2 Å². The normalized spacial score (nSPS) is 13.8. The number of carbonyl (C=O) groups excluding carboxylic acids is 1. The number of pyridine rings is 1. The minimum absolute atomic E-state index is 0.0625. The summed E-state index contributed by atoms with van der Waals surface area (Å²) >= 11 is 0.